The minimum absolute atomic E-state index is 0.167. The standard InChI is InChI=1S/C21H28N2O/c1-3-22(4-2)21(24)19-13-12-18(23-14-8-9-15-23)16-20(19)17-10-6-5-7-11-17/h5-7,10-13,20H,3-4,8-9,14-16H2,1-2H3. The van der Waals surface area contributed by atoms with Gasteiger partial charge in [-0.1, -0.05) is 36.4 Å². The summed E-state index contributed by atoms with van der Waals surface area (Å²) in [6.45, 7) is 7.93. The van der Waals surface area contributed by atoms with E-state index < -0.39 is 0 Å². The van der Waals surface area contributed by atoms with Crippen LogP contribution in [0.15, 0.2) is 53.8 Å². The van der Waals surface area contributed by atoms with Crippen molar-refractivity contribution < 1.29 is 4.79 Å². The fourth-order valence-electron chi connectivity index (χ4n) is 3.82. The Hall–Kier alpha value is -2.03. The molecule has 0 bridgehead atoms. The molecule has 0 aromatic heterocycles. The van der Waals surface area contributed by atoms with Gasteiger partial charge in [0, 0.05) is 43.4 Å². The summed E-state index contributed by atoms with van der Waals surface area (Å²) in [6, 6.07) is 10.5. The molecule has 3 heteroatoms. The van der Waals surface area contributed by atoms with E-state index in [4.69, 9.17) is 0 Å². The molecular formula is C21H28N2O. The van der Waals surface area contributed by atoms with Crippen LogP contribution >= 0.6 is 0 Å². The van der Waals surface area contributed by atoms with Crippen molar-refractivity contribution in [3.8, 4) is 0 Å². The van der Waals surface area contributed by atoms with Crippen molar-refractivity contribution in [2.75, 3.05) is 26.2 Å². The van der Waals surface area contributed by atoms with Gasteiger partial charge in [-0.15, -0.1) is 0 Å². The maximum Gasteiger partial charge on any atom is 0.250 e. The lowest BCUT2D eigenvalue weighted by Gasteiger charge is -2.32. The first kappa shape index (κ1) is 16.8. The van der Waals surface area contributed by atoms with Gasteiger partial charge < -0.3 is 9.80 Å². The molecule has 1 heterocycles. The van der Waals surface area contributed by atoms with Crippen LogP contribution in [0.5, 0.6) is 0 Å². The highest BCUT2D eigenvalue weighted by Crippen LogP contribution is 2.37. The van der Waals surface area contributed by atoms with Crippen LogP contribution in [0.2, 0.25) is 0 Å². The van der Waals surface area contributed by atoms with Gasteiger partial charge in [-0.05, 0) is 44.7 Å². The molecular weight excluding hydrogens is 296 g/mol. The van der Waals surface area contributed by atoms with E-state index in [1.165, 1.54) is 24.1 Å². The molecule has 2 aliphatic rings. The van der Waals surface area contributed by atoms with Crippen molar-refractivity contribution in [3.05, 3.63) is 59.3 Å². The average Bonchev–Trinajstić information content (AvgIpc) is 3.17. The number of carbonyl (C=O) groups excluding carboxylic acids is 1. The zero-order valence-electron chi connectivity index (χ0n) is 14.9. The lowest BCUT2D eigenvalue weighted by molar-refractivity contribution is -0.127. The zero-order chi connectivity index (χ0) is 16.9. The molecule has 0 saturated carbocycles. The van der Waals surface area contributed by atoms with Crippen molar-refractivity contribution in [2.24, 2.45) is 0 Å². The van der Waals surface area contributed by atoms with Gasteiger partial charge in [0.15, 0.2) is 0 Å². The number of likely N-dealkylation sites (N-methyl/N-ethyl adjacent to an activating group) is 1. The molecule has 1 amide bonds. The molecule has 128 valence electrons. The van der Waals surface area contributed by atoms with Crippen LogP contribution in [0.4, 0.5) is 0 Å². The maximum atomic E-state index is 13.0. The van der Waals surface area contributed by atoms with Crippen molar-refractivity contribution in [2.45, 2.75) is 39.0 Å². The zero-order valence-corrected chi connectivity index (χ0v) is 14.9. The lowest BCUT2D eigenvalue weighted by Crippen LogP contribution is -2.34. The average molecular weight is 324 g/mol. The topological polar surface area (TPSA) is 23.6 Å². The largest absolute Gasteiger partial charge is 0.375 e. The summed E-state index contributed by atoms with van der Waals surface area (Å²) >= 11 is 0. The van der Waals surface area contributed by atoms with E-state index in [-0.39, 0.29) is 11.8 Å². The van der Waals surface area contributed by atoms with E-state index >= 15 is 0 Å². The number of rotatable bonds is 5. The van der Waals surface area contributed by atoms with Crippen LogP contribution < -0.4 is 0 Å². The molecule has 1 aromatic carbocycles. The van der Waals surface area contributed by atoms with Crippen LogP contribution in [0.25, 0.3) is 0 Å². The third-order valence-corrected chi connectivity index (χ3v) is 5.26. The first-order valence-corrected chi connectivity index (χ1v) is 9.24. The smallest absolute Gasteiger partial charge is 0.250 e. The van der Waals surface area contributed by atoms with Crippen LogP contribution in [-0.2, 0) is 4.79 Å². The Balaban J connectivity index is 1.93. The summed E-state index contributed by atoms with van der Waals surface area (Å²) in [4.78, 5) is 17.4. The van der Waals surface area contributed by atoms with Crippen LogP contribution in [0, 0.1) is 0 Å². The number of benzene rings is 1. The summed E-state index contributed by atoms with van der Waals surface area (Å²) in [5, 5.41) is 0. The molecule has 3 rings (SSSR count). The Morgan fingerprint density at radius 3 is 2.38 bits per heavy atom. The normalized spacial score (nSPS) is 20.6. The second-order valence-corrected chi connectivity index (χ2v) is 6.62. The van der Waals surface area contributed by atoms with Crippen molar-refractivity contribution in [3.63, 3.8) is 0 Å². The van der Waals surface area contributed by atoms with Gasteiger partial charge in [-0.3, -0.25) is 4.79 Å². The second kappa shape index (κ2) is 7.69. The Kier molecular flexibility index (Phi) is 5.39. The number of nitrogens with zero attached hydrogens (tertiary/aromatic N) is 2. The SMILES string of the molecule is CCN(CC)C(=O)C1=CC=C(N2CCCC2)CC1c1ccccc1. The minimum atomic E-state index is 0.167. The molecule has 0 N–H and O–H groups in total. The van der Waals surface area contributed by atoms with Crippen molar-refractivity contribution >= 4 is 5.91 Å². The van der Waals surface area contributed by atoms with Crippen LogP contribution in [0.3, 0.4) is 0 Å². The summed E-state index contributed by atoms with van der Waals surface area (Å²) in [6.07, 6.45) is 7.75. The van der Waals surface area contributed by atoms with Gasteiger partial charge in [0.25, 0.3) is 0 Å². The number of hydrogen-bond acceptors (Lipinski definition) is 2. The van der Waals surface area contributed by atoms with E-state index in [0.29, 0.717) is 0 Å². The molecule has 1 fully saturated rings. The van der Waals surface area contributed by atoms with Gasteiger partial charge >= 0.3 is 0 Å². The monoisotopic (exact) mass is 324 g/mol. The Morgan fingerprint density at radius 1 is 1.08 bits per heavy atom. The van der Waals surface area contributed by atoms with E-state index in [0.717, 1.165) is 38.2 Å². The highest BCUT2D eigenvalue weighted by Gasteiger charge is 2.30. The predicted molar refractivity (Wildman–Crippen MR) is 98.7 cm³/mol. The third-order valence-electron chi connectivity index (χ3n) is 5.26. The van der Waals surface area contributed by atoms with Gasteiger partial charge in [0.05, 0.1) is 0 Å². The molecule has 1 aromatic rings. The van der Waals surface area contributed by atoms with Crippen LogP contribution in [0.1, 0.15) is 44.6 Å². The van der Waals surface area contributed by atoms with Crippen LogP contribution in [-0.4, -0.2) is 41.9 Å². The Labute approximate surface area is 145 Å². The fraction of sp³-hybridized carbons (Fsp3) is 0.476. The number of hydrogen-bond donors (Lipinski definition) is 0. The molecule has 3 nitrogen and oxygen atoms in total. The Morgan fingerprint density at radius 2 is 1.75 bits per heavy atom. The first-order valence-electron chi connectivity index (χ1n) is 9.24. The molecule has 1 atom stereocenters. The molecule has 1 aliphatic carbocycles. The minimum Gasteiger partial charge on any atom is -0.375 e. The van der Waals surface area contributed by atoms with E-state index in [1.807, 2.05) is 24.8 Å². The highest BCUT2D eigenvalue weighted by molar-refractivity contribution is 5.95. The fourth-order valence-corrected chi connectivity index (χ4v) is 3.82. The second-order valence-electron chi connectivity index (χ2n) is 6.62. The summed E-state index contributed by atoms with van der Waals surface area (Å²) in [5.74, 6) is 0.352. The predicted octanol–water partition coefficient (Wildman–Crippen LogP) is 3.95. The van der Waals surface area contributed by atoms with E-state index in [1.54, 1.807) is 0 Å². The summed E-state index contributed by atoms with van der Waals surface area (Å²) in [5.41, 5.74) is 3.57. The number of amides is 1. The van der Waals surface area contributed by atoms with Gasteiger partial charge in [-0.25, -0.2) is 0 Å². The van der Waals surface area contributed by atoms with Crippen molar-refractivity contribution in [1.29, 1.82) is 0 Å². The maximum absolute atomic E-state index is 13.0. The van der Waals surface area contributed by atoms with Gasteiger partial charge in [-0.2, -0.15) is 0 Å². The molecule has 0 spiro atoms. The molecule has 1 unspecified atom stereocenters. The Bertz CT molecular complexity index is 622. The van der Waals surface area contributed by atoms with Crippen molar-refractivity contribution in [1.82, 2.24) is 9.80 Å². The molecule has 0 radical (unpaired) electrons. The number of allylic oxidation sites excluding steroid dienone is 3. The molecule has 1 saturated heterocycles. The lowest BCUT2D eigenvalue weighted by atomic mass is 9.83. The number of carbonyl (C=O) groups is 1. The molecule has 24 heavy (non-hydrogen) atoms. The summed E-state index contributed by atoms with van der Waals surface area (Å²) < 4.78 is 0. The number of likely N-dealkylation sites (tertiary alicyclic amines) is 1. The van der Waals surface area contributed by atoms with Gasteiger partial charge in [0.1, 0.15) is 0 Å². The van der Waals surface area contributed by atoms with Gasteiger partial charge in [0.2, 0.25) is 5.91 Å². The summed E-state index contributed by atoms with van der Waals surface area (Å²) in [7, 11) is 0. The quantitative estimate of drug-likeness (QED) is 0.819. The third kappa shape index (κ3) is 3.40. The molecule has 1 aliphatic heterocycles. The van der Waals surface area contributed by atoms with E-state index in [2.05, 4.69) is 41.3 Å². The highest BCUT2D eigenvalue weighted by atomic mass is 16.2. The first-order chi connectivity index (χ1) is 11.7. The van der Waals surface area contributed by atoms with E-state index in [9.17, 15) is 4.79 Å².